The number of unbranched alkanes of at least 4 members (excludes halogenated alkanes) is 32. The van der Waals surface area contributed by atoms with Crippen molar-refractivity contribution in [2.75, 3.05) is 13.1 Å². The Labute approximate surface area is 292 Å². The first-order valence-corrected chi connectivity index (χ1v) is 22.0. The zero-order valence-corrected chi connectivity index (χ0v) is 32.5. The van der Waals surface area contributed by atoms with E-state index in [-0.39, 0.29) is 0 Å². The van der Waals surface area contributed by atoms with Gasteiger partial charge in [-0.25, -0.2) is 0 Å². The highest BCUT2D eigenvalue weighted by molar-refractivity contribution is 4.97. The van der Waals surface area contributed by atoms with Crippen molar-refractivity contribution in [3.63, 3.8) is 0 Å². The van der Waals surface area contributed by atoms with E-state index in [1.54, 1.807) is 0 Å². The second-order valence-electron chi connectivity index (χ2n) is 15.4. The zero-order chi connectivity index (χ0) is 33.0. The fraction of sp³-hybridized carbons (Fsp3) is 0.955. The largest absolute Gasteiger partial charge is 0.356 e. The summed E-state index contributed by atoms with van der Waals surface area (Å²) in [7, 11) is 0. The summed E-state index contributed by atoms with van der Waals surface area (Å²) in [5, 5.41) is 0. The Morgan fingerprint density at radius 1 is 0.283 bits per heavy atom. The molecule has 0 spiro atoms. The van der Waals surface area contributed by atoms with Gasteiger partial charge in [0.05, 0.1) is 0 Å². The Bertz CT molecular complexity index is 601. The van der Waals surface area contributed by atoms with Crippen molar-refractivity contribution < 1.29 is 0 Å². The van der Waals surface area contributed by atoms with Gasteiger partial charge in [0.15, 0.2) is 0 Å². The third kappa shape index (κ3) is 27.3. The van der Waals surface area contributed by atoms with Gasteiger partial charge in [-0.2, -0.15) is 0 Å². The van der Waals surface area contributed by atoms with Gasteiger partial charge in [-0.1, -0.05) is 226 Å². The van der Waals surface area contributed by atoms with Crippen LogP contribution >= 0.6 is 0 Å². The molecule has 0 aromatic heterocycles. The molecule has 1 unspecified atom stereocenters. The summed E-state index contributed by atoms with van der Waals surface area (Å²) < 4.78 is 0. The molecule has 0 aliphatic carbocycles. The third-order valence-electron chi connectivity index (χ3n) is 10.8. The van der Waals surface area contributed by atoms with Crippen LogP contribution in [0, 0.1) is 0 Å². The predicted octanol–water partition coefficient (Wildman–Crippen LogP) is 15.5. The van der Waals surface area contributed by atoms with Gasteiger partial charge >= 0.3 is 0 Å². The molecule has 0 amide bonds. The van der Waals surface area contributed by atoms with Gasteiger partial charge in [0, 0.05) is 25.5 Å². The highest BCUT2D eigenvalue weighted by Crippen LogP contribution is 2.24. The van der Waals surface area contributed by atoms with Gasteiger partial charge in [-0.3, -0.25) is 0 Å². The van der Waals surface area contributed by atoms with E-state index >= 15 is 0 Å². The minimum atomic E-state index is 0.639. The summed E-state index contributed by atoms with van der Waals surface area (Å²) in [6, 6.07) is 0. The lowest BCUT2D eigenvalue weighted by atomic mass is 10.0. The van der Waals surface area contributed by atoms with Crippen LogP contribution in [-0.4, -0.2) is 29.1 Å². The Hall–Kier alpha value is -0.660. The van der Waals surface area contributed by atoms with Gasteiger partial charge in [-0.15, -0.1) is 0 Å². The molecule has 1 aliphatic heterocycles. The van der Waals surface area contributed by atoms with Gasteiger partial charge in [-0.05, 0) is 25.7 Å². The van der Waals surface area contributed by atoms with Crippen molar-refractivity contribution in [3.8, 4) is 0 Å². The molecule has 0 aromatic carbocycles. The third-order valence-corrected chi connectivity index (χ3v) is 10.8. The van der Waals surface area contributed by atoms with Crippen LogP contribution in [0.25, 0.3) is 0 Å². The SMILES string of the molecule is CCCCCCCCCCCCCCCCCN1C=CN(CCCCCCCC)C1CCCCCCCCCCCCCCCC. The van der Waals surface area contributed by atoms with Crippen LogP contribution in [0.4, 0.5) is 0 Å². The number of rotatable bonds is 38. The second kappa shape index (κ2) is 35.6. The van der Waals surface area contributed by atoms with E-state index in [2.05, 4.69) is 43.0 Å². The maximum absolute atomic E-state index is 2.72. The zero-order valence-electron chi connectivity index (χ0n) is 32.5. The molecule has 2 heteroatoms. The Kier molecular flexibility index (Phi) is 33.6. The molecule has 0 fully saturated rings. The molecular formula is C44H88N2. The van der Waals surface area contributed by atoms with Crippen molar-refractivity contribution in [1.82, 2.24) is 9.80 Å². The van der Waals surface area contributed by atoms with E-state index in [4.69, 9.17) is 0 Å². The molecular weight excluding hydrogens is 556 g/mol. The molecule has 0 radical (unpaired) electrons. The fourth-order valence-corrected chi connectivity index (χ4v) is 7.60. The monoisotopic (exact) mass is 645 g/mol. The second-order valence-corrected chi connectivity index (χ2v) is 15.4. The Balaban J connectivity index is 2.14. The lowest BCUT2D eigenvalue weighted by Gasteiger charge is -2.33. The first-order valence-electron chi connectivity index (χ1n) is 22.0. The predicted molar refractivity (Wildman–Crippen MR) is 210 cm³/mol. The van der Waals surface area contributed by atoms with Crippen LogP contribution < -0.4 is 0 Å². The van der Waals surface area contributed by atoms with Gasteiger partial charge < -0.3 is 9.80 Å². The van der Waals surface area contributed by atoms with E-state index in [0.29, 0.717) is 6.17 Å². The summed E-state index contributed by atoms with van der Waals surface area (Å²) in [5.74, 6) is 0. The van der Waals surface area contributed by atoms with Crippen molar-refractivity contribution >= 4 is 0 Å². The summed E-state index contributed by atoms with van der Waals surface area (Å²) in [6.07, 6.45) is 57.4. The van der Waals surface area contributed by atoms with Crippen LogP contribution in [-0.2, 0) is 0 Å². The molecule has 0 aromatic rings. The van der Waals surface area contributed by atoms with Crippen LogP contribution in [0.3, 0.4) is 0 Å². The smallest absolute Gasteiger partial charge is 0.101 e. The summed E-state index contributed by atoms with van der Waals surface area (Å²) in [5.41, 5.74) is 0. The average Bonchev–Trinajstić information content (AvgIpc) is 3.45. The Morgan fingerprint density at radius 2 is 0.500 bits per heavy atom. The van der Waals surface area contributed by atoms with Crippen molar-refractivity contribution in [3.05, 3.63) is 12.4 Å². The molecule has 1 heterocycles. The van der Waals surface area contributed by atoms with E-state index in [9.17, 15) is 0 Å². The first kappa shape index (κ1) is 43.4. The average molecular weight is 645 g/mol. The summed E-state index contributed by atoms with van der Waals surface area (Å²) in [6.45, 7) is 9.49. The van der Waals surface area contributed by atoms with Crippen molar-refractivity contribution in [2.24, 2.45) is 0 Å². The molecule has 0 saturated heterocycles. The minimum Gasteiger partial charge on any atom is -0.356 e. The van der Waals surface area contributed by atoms with E-state index in [1.165, 1.54) is 244 Å². The normalized spacial score (nSPS) is 14.7. The standard InChI is InChI=1S/C44H88N2/c1-4-7-10-13-16-18-20-22-24-26-28-30-32-35-38-41-46-43-42-45(40-37-34-15-12-9-6-3)44(46)39-36-33-31-29-27-25-23-21-19-17-14-11-8-5-2/h42-44H,4-41H2,1-3H3. The Morgan fingerprint density at radius 3 is 0.761 bits per heavy atom. The lowest BCUT2D eigenvalue weighted by Crippen LogP contribution is -2.39. The van der Waals surface area contributed by atoms with Crippen LogP contribution in [0.5, 0.6) is 0 Å². The minimum absolute atomic E-state index is 0.639. The molecule has 274 valence electrons. The van der Waals surface area contributed by atoms with E-state index in [0.717, 1.165) is 0 Å². The van der Waals surface area contributed by atoms with Gasteiger partial charge in [0.1, 0.15) is 6.17 Å². The van der Waals surface area contributed by atoms with Crippen molar-refractivity contribution in [1.29, 1.82) is 0 Å². The van der Waals surface area contributed by atoms with Crippen LogP contribution in [0.15, 0.2) is 12.4 Å². The fourth-order valence-electron chi connectivity index (χ4n) is 7.60. The van der Waals surface area contributed by atoms with Crippen molar-refractivity contribution in [2.45, 2.75) is 258 Å². The summed E-state index contributed by atoms with van der Waals surface area (Å²) in [4.78, 5) is 5.44. The quantitative estimate of drug-likeness (QED) is 0.0617. The molecule has 0 bridgehead atoms. The number of hydrogen-bond acceptors (Lipinski definition) is 2. The molecule has 0 N–H and O–H groups in total. The first-order chi connectivity index (χ1) is 22.8. The maximum atomic E-state index is 2.72. The highest BCUT2D eigenvalue weighted by Gasteiger charge is 2.24. The molecule has 46 heavy (non-hydrogen) atoms. The van der Waals surface area contributed by atoms with Crippen LogP contribution in [0.1, 0.15) is 252 Å². The van der Waals surface area contributed by atoms with Gasteiger partial charge in [0.2, 0.25) is 0 Å². The molecule has 2 nitrogen and oxygen atoms in total. The summed E-state index contributed by atoms with van der Waals surface area (Å²) >= 11 is 0. The number of hydrogen-bond donors (Lipinski definition) is 0. The molecule has 1 atom stereocenters. The molecule has 1 rings (SSSR count). The maximum Gasteiger partial charge on any atom is 0.101 e. The van der Waals surface area contributed by atoms with Gasteiger partial charge in [0.25, 0.3) is 0 Å². The topological polar surface area (TPSA) is 6.48 Å². The number of nitrogens with zero attached hydrogens (tertiary/aromatic N) is 2. The molecule has 1 aliphatic rings. The highest BCUT2D eigenvalue weighted by atomic mass is 15.4. The van der Waals surface area contributed by atoms with E-state index in [1.807, 2.05) is 0 Å². The van der Waals surface area contributed by atoms with E-state index < -0.39 is 0 Å². The molecule has 0 saturated carbocycles. The van der Waals surface area contributed by atoms with Crippen LogP contribution in [0.2, 0.25) is 0 Å². The lowest BCUT2D eigenvalue weighted by molar-refractivity contribution is 0.135.